The van der Waals surface area contributed by atoms with Crippen LogP contribution in [0.4, 0.5) is 0 Å². The van der Waals surface area contributed by atoms with Gasteiger partial charge in [-0.25, -0.2) is 0 Å². The molecule has 2 heterocycles. The third-order valence-corrected chi connectivity index (χ3v) is 4.76. The molecule has 1 aromatic carbocycles. The van der Waals surface area contributed by atoms with Gasteiger partial charge in [0.2, 0.25) is 5.91 Å². The number of nitrogens with zero attached hydrogens (tertiary/aromatic N) is 1. The lowest BCUT2D eigenvalue weighted by Gasteiger charge is -2.37. The van der Waals surface area contributed by atoms with Crippen molar-refractivity contribution in [1.82, 2.24) is 4.90 Å². The fourth-order valence-corrected chi connectivity index (χ4v) is 3.71. The molecular weight excluding hydrogens is 282 g/mol. The van der Waals surface area contributed by atoms with E-state index in [4.69, 9.17) is 14.2 Å². The second-order valence-corrected chi connectivity index (χ2v) is 6.15. The molecule has 1 amide bonds. The highest BCUT2D eigenvalue weighted by Gasteiger charge is 2.38. The Kier molecular flexibility index (Phi) is 3.66. The van der Waals surface area contributed by atoms with Gasteiger partial charge < -0.3 is 19.1 Å². The number of carbonyl (C=O) groups is 1. The molecule has 2 atom stereocenters. The fourth-order valence-electron chi connectivity index (χ4n) is 3.71. The highest BCUT2D eigenvalue weighted by Crippen LogP contribution is 2.32. The molecule has 0 bridgehead atoms. The van der Waals surface area contributed by atoms with E-state index in [0.29, 0.717) is 32.8 Å². The Morgan fingerprint density at radius 3 is 2.91 bits per heavy atom. The number of fused-ring (bicyclic) bond motifs is 2. The zero-order valence-electron chi connectivity index (χ0n) is 12.6. The van der Waals surface area contributed by atoms with Gasteiger partial charge in [0.05, 0.1) is 25.2 Å². The molecule has 5 nitrogen and oxygen atoms in total. The summed E-state index contributed by atoms with van der Waals surface area (Å²) in [5.41, 5.74) is 0.982. The standard InChI is InChI=1S/C17H21NO4/c19-17(18-6-7-20-14-3-1-2-13(14)18)11-12-4-5-15-16(10-12)22-9-8-21-15/h4-5,10,13-14H,1-3,6-9,11H2/t13-,14-/m0/s1. The minimum absolute atomic E-state index is 0.192. The van der Waals surface area contributed by atoms with Gasteiger partial charge >= 0.3 is 0 Å². The SMILES string of the molecule is O=C(Cc1ccc2c(c1)OCCO2)N1CCO[C@H]2CCC[C@@H]21. The maximum Gasteiger partial charge on any atom is 0.227 e. The molecule has 0 radical (unpaired) electrons. The smallest absolute Gasteiger partial charge is 0.227 e. The van der Waals surface area contributed by atoms with Crippen LogP contribution in [0.2, 0.25) is 0 Å². The van der Waals surface area contributed by atoms with Crippen LogP contribution >= 0.6 is 0 Å². The van der Waals surface area contributed by atoms with Gasteiger partial charge in [-0.2, -0.15) is 0 Å². The number of carbonyl (C=O) groups excluding carboxylic acids is 1. The van der Waals surface area contributed by atoms with Gasteiger partial charge in [0, 0.05) is 6.54 Å². The van der Waals surface area contributed by atoms with Crippen molar-refractivity contribution < 1.29 is 19.0 Å². The number of hydrogen-bond acceptors (Lipinski definition) is 4. The fraction of sp³-hybridized carbons (Fsp3) is 0.588. The van der Waals surface area contributed by atoms with Crippen LogP contribution in [-0.4, -0.2) is 49.3 Å². The van der Waals surface area contributed by atoms with Crippen molar-refractivity contribution >= 4 is 5.91 Å². The second-order valence-electron chi connectivity index (χ2n) is 6.15. The molecule has 0 unspecified atom stereocenters. The Labute approximate surface area is 130 Å². The summed E-state index contributed by atoms with van der Waals surface area (Å²) in [5, 5.41) is 0. The molecule has 118 valence electrons. The normalized spacial score (nSPS) is 26.6. The van der Waals surface area contributed by atoms with Crippen molar-refractivity contribution in [3.63, 3.8) is 0 Å². The molecule has 2 aliphatic heterocycles. The molecule has 5 heteroatoms. The van der Waals surface area contributed by atoms with Crippen molar-refractivity contribution in [2.45, 2.75) is 37.8 Å². The van der Waals surface area contributed by atoms with Gasteiger partial charge in [0.1, 0.15) is 13.2 Å². The Morgan fingerprint density at radius 2 is 2.00 bits per heavy atom. The number of benzene rings is 1. The zero-order valence-corrected chi connectivity index (χ0v) is 12.6. The van der Waals surface area contributed by atoms with Crippen LogP contribution in [0.5, 0.6) is 11.5 Å². The topological polar surface area (TPSA) is 48.0 Å². The number of ether oxygens (including phenoxy) is 3. The molecule has 1 aliphatic carbocycles. The monoisotopic (exact) mass is 303 g/mol. The van der Waals surface area contributed by atoms with Crippen molar-refractivity contribution in [2.24, 2.45) is 0 Å². The first-order valence-electron chi connectivity index (χ1n) is 8.11. The molecule has 1 saturated heterocycles. The maximum atomic E-state index is 12.7. The highest BCUT2D eigenvalue weighted by atomic mass is 16.6. The third-order valence-electron chi connectivity index (χ3n) is 4.76. The van der Waals surface area contributed by atoms with Gasteiger partial charge in [0.15, 0.2) is 11.5 Å². The molecule has 4 rings (SSSR count). The number of morpholine rings is 1. The van der Waals surface area contributed by atoms with Gasteiger partial charge in [0.25, 0.3) is 0 Å². The van der Waals surface area contributed by atoms with Crippen LogP contribution in [0, 0.1) is 0 Å². The summed E-state index contributed by atoms with van der Waals surface area (Å²) in [4.78, 5) is 14.7. The van der Waals surface area contributed by atoms with Gasteiger partial charge in [-0.05, 0) is 37.0 Å². The number of hydrogen-bond donors (Lipinski definition) is 0. The van der Waals surface area contributed by atoms with E-state index in [-0.39, 0.29) is 18.1 Å². The molecule has 0 spiro atoms. The maximum absolute atomic E-state index is 12.7. The summed E-state index contributed by atoms with van der Waals surface area (Å²) >= 11 is 0. The van der Waals surface area contributed by atoms with Gasteiger partial charge in [-0.15, -0.1) is 0 Å². The van der Waals surface area contributed by atoms with Crippen molar-refractivity contribution in [3.05, 3.63) is 23.8 Å². The van der Waals surface area contributed by atoms with E-state index < -0.39 is 0 Å². The van der Waals surface area contributed by atoms with E-state index in [1.165, 1.54) is 0 Å². The second kappa shape index (κ2) is 5.80. The molecule has 0 N–H and O–H groups in total. The van der Waals surface area contributed by atoms with Crippen LogP contribution in [-0.2, 0) is 16.0 Å². The molecular formula is C17H21NO4. The van der Waals surface area contributed by atoms with Gasteiger partial charge in [-0.3, -0.25) is 4.79 Å². The summed E-state index contributed by atoms with van der Waals surface area (Å²) < 4.78 is 16.9. The molecule has 0 aromatic heterocycles. The van der Waals surface area contributed by atoms with Crippen LogP contribution in [0.15, 0.2) is 18.2 Å². The molecule has 1 aromatic rings. The van der Waals surface area contributed by atoms with Crippen LogP contribution < -0.4 is 9.47 Å². The number of amides is 1. The third kappa shape index (κ3) is 2.54. The lowest BCUT2D eigenvalue weighted by molar-refractivity contribution is -0.143. The summed E-state index contributed by atoms with van der Waals surface area (Å²) in [6, 6.07) is 6.06. The van der Waals surface area contributed by atoms with Crippen molar-refractivity contribution in [3.8, 4) is 11.5 Å². The lowest BCUT2D eigenvalue weighted by atomic mass is 10.1. The zero-order chi connectivity index (χ0) is 14.9. The van der Waals surface area contributed by atoms with E-state index in [2.05, 4.69) is 0 Å². The first-order chi connectivity index (χ1) is 10.8. The summed E-state index contributed by atoms with van der Waals surface area (Å²) in [6.07, 6.45) is 3.97. The van der Waals surface area contributed by atoms with Crippen LogP contribution in [0.1, 0.15) is 24.8 Å². The average Bonchev–Trinajstić information content (AvgIpc) is 3.03. The summed E-state index contributed by atoms with van der Waals surface area (Å²) in [6.45, 7) is 2.53. The molecule has 3 aliphatic rings. The van der Waals surface area contributed by atoms with E-state index in [0.717, 1.165) is 36.3 Å². The Balaban J connectivity index is 1.47. The lowest BCUT2D eigenvalue weighted by Crippen LogP contribution is -2.51. The van der Waals surface area contributed by atoms with Crippen molar-refractivity contribution in [1.29, 1.82) is 0 Å². The van der Waals surface area contributed by atoms with Crippen molar-refractivity contribution in [2.75, 3.05) is 26.4 Å². The van der Waals surface area contributed by atoms with E-state index >= 15 is 0 Å². The van der Waals surface area contributed by atoms with Crippen LogP contribution in [0.25, 0.3) is 0 Å². The van der Waals surface area contributed by atoms with E-state index in [1.54, 1.807) is 0 Å². The van der Waals surface area contributed by atoms with Crippen LogP contribution in [0.3, 0.4) is 0 Å². The summed E-state index contributed by atoms with van der Waals surface area (Å²) in [5.74, 6) is 1.71. The molecule has 1 saturated carbocycles. The predicted octanol–water partition coefficient (Wildman–Crippen LogP) is 1.78. The Bertz CT molecular complexity index is 574. The van der Waals surface area contributed by atoms with E-state index in [9.17, 15) is 4.79 Å². The van der Waals surface area contributed by atoms with E-state index in [1.807, 2.05) is 23.1 Å². The Morgan fingerprint density at radius 1 is 1.14 bits per heavy atom. The highest BCUT2D eigenvalue weighted by molar-refractivity contribution is 5.79. The Hall–Kier alpha value is -1.75. The first kappa shape index (κ1) is 13.9. The summed E-state index contributed by atoms with van der Waals surface area (Å²) in [7, 11) is 0. The number of rotatable bonds is 2. The largest absolute Gasteiger partial charge is 0.486 e. The van der Waals surface area contributed by atoms with Gasteiger partial charge in [-0.1, -0.05) is 6.07 Å². The quantitative estimate of drug-likeness (QED) is 0.835. The minimum atomic E-state index is 0.192. The minimum Gasteiger partial charge on any atom is -0.486 e. The first-order valence-corrected chi connectivity index (χ1v) is 8.11. The average molecular weight is 303 g/mol. The molecule has 22 heavy (non-hydrogen) atoms. The molecule has 2 fully saturated rings. The predicted molar refractivity (Wildman–Crippen MR) is 80.2 cm³/mol.